The van der Waals surface area contributed by atoms with Gasteiger partial charge >= 0.3 is 0 Å². The van der Waals surface area contributed by atoms with Crippen LogP contribution in [0.25, 0.3) is 0 Å². The fourth-order valence-electron chi connectivity index (χ4n) is 2.49. The van der Waals surface area contributed by atoms with Crippen LogP contribution < -0.4 is 5.32 Å². The maximum absolute atomic E-state index is 5.58. The average molecular weight is 193 g/mol. The zero-order valence-corrected chi connectivity index (χ0v) is 9.26. The SMILES string of the molecule is CC(C)(C)C1(c2ccco2)CCCN1. The first-order valence-electron chi connectivity index (χ1n) is 5.35. The lowest BCUT2D eigenvalue weighted by Crippen LogP contribution is -2.47. The molecule has 1 aliphatic rings. The molecule has 2 rings (SSSR count). The van der Waals surface area contributed by atoms with E-state index in [2.05, 4.69) is 32.2 Å². The molecule has 0 aliphatic carbocycles. The van der Waals surface area contributed by atoms with Crippen LogP contribution in [-0.2, 0) is 5.54 Å². The monoisotopic (exact) mass is 193 g/mol. The van der Waals surface area contributed by atoms with Crippen LogP contribution in [0.2, 0.25) is 0 Å². The molecular weight excluding hydrogens is 174 g/mol. The maximum Gasteiger partial charge on any atom is 0.124 e. The Kier molecular flexibility index (Phi) is 2.18. The predicted octanol–water partition coefficient (Wildman–Crippen LogP) is 2.90. The number of nitrogens with one attached hydrogen (secondary N) is 1. The van der Waals surface area contributed by atoms with Crippen molar-refractivity contribution in [3.8, 4) is 0 Å². The lowest BCUT2D eigenvalue weighted by molar-refractivity contribution is 0.130. The van der Waals surface area contributed by atoms with Gasteiger partial charge in [-0.25, -0.2) is 0 Å². The van der Waals surface area contributed by atoms with Crippen molar-refractivity contribution in [1.29, 1.82) is 0 Å². The first kappa shape index (κ1) is 9.78. The molecule has 0 radical (unpaired) electrons. The second-order valence-corrected chi connectivity index (χ2v) is 5.16. The molecule has 0 spiro atoms. The Morgan fingerprint density at radius 3 is 2.64 bits per heavy atom. The molecule has 1 atom stereocenters. The first-order valence-corrected chi connectivity index (χ1v) is 5.35. The van der Waals surface area contributed by atoms with Gasteiger partial charge in [0.1, 0.15) is 5.76 Å². The van der Waals surface area contributed by atoms with Gasteiger partial charge in [0.05, 0.1) is 11.8 Å². The van der Waals surface area contributed by atoms with E-state index >= 15 is 0 Å². The molecule has 78 valence electrons. The van der Waals surface area contributed by atoms with Crippen LogP contribution in [-0.4, -0.2) is 6.54 Å². The van der Waals surface area contributed by atoms with Gasteiger partial charge in [0.15, 0.2) is 0 Å². The molecule has 0 saturated carbocycles. The van der Waals surface area contributed by atoms with E-state index in [1.807, 2.05) is 6.07 Å². The Morgan fingerprint density at radius 1 is 1.43 bits per heavy atom. The van der Waals surface area contributed by atoms with E-state index in [4.69, 9.17) is 4.42 Å². The Morgan fingerprint density at radius 2 is 2.21 bits per heavy atom. The second-order valence-electron chi connectivity index (χ2n) is 5.16. The third-order valence-corrected chi connectivity index (χ3v) is 3.38. The molecule has 0 bridgehead atoms. The summed E-state index contributed by atoms with van der Waals surface area (Å²) in [7, 11) is 0. The summed E-state index contributed by atoms with van der Waals surface area (Å²) in [6.07, 6.45) is 4.17. The minimum absolute atomic E-state index is 0.0382. The molecule has 2 heterocycles. The number of rotatable bonds is 1. The zero-order chi connectivity index (χ0) is 10.2. The Bertz CT molecular complexity index is 289. The largest absolute Gasteiger partial charge is 0.467 e. The molecule has 1 aromatic rings. The number of hydrogen-bond donors (Lipinski definition) is 1. The molecule has 0 amide bonds. The van der Waals surface area contributed by atoms with Crippen molar-refractivity contribution in [2.75, 3.05) is 6.54 Å². The summed E-state index contributed by atoms with van der Waals surface area (Å²) in [5, 5.41) is 3.62. The highest BCUT2D eigenvalue weighted by atomic mass is 16.3. The third kappa shape index (κ3) is 1.29. The van der Waals surface area contributed by atoms with Gasteiger partial charge in [0, 0.05) is 0 Å². The number of hydrogen-bond acceptors (Lipinski definition) is 2. The average Bonchev–Trinajstić information content (AvgIpc) is 2.74. The van der Waals surface area contributed by atoms with Gasteiger partial charge in [-0.05, 0) is 36.9 Å². The van der Waals surface area contributed by atoms with Gasteiger partial charge in [-0.15, -0.1) is 0 Å². The molecule has 1 saturated heterocycles. The van der Waals surface area contributed by atoms with Crippen LogP contribution in [0.1, 0.15) is 39.4 Å². The molecule has 1 unspecified atom stereocenters. The third-order valence-electron chi connectivity index (χ3n) is 3.38. The summed E-state index contributed by atoms with van der Waals surface area (Å²) in [5.41, 5.74) is 0.234. The molecule has 0 aromatic carbocycles. The van der Waals surface area contributed by atoms with E-state index in [0.717, 1.165) is 12.3 Å². The van der Waals surface area contributed by atoms with Crippen LogP contribution in [0.3, 0.4) is 0 Å². The summed E-state index contributed by atoms with van der Waals surface area (Å²) >= 11 is 0. The molecule has 2 heteroatoms. The van der Waals surface area contributed by atoms with Gasteiger partial charge < -0.3 is 9.73 Å². The molecular formula is C12H19NO. The fourth-order valence-corrected chi connectivity index (χ4v) is 2.49. The van der Waals surface area contributed by atoms with Crippen molar-refractivity contribution in [1.82, 2.24) is 5.32 Å². The molecule has 1 aliphatic heterocycles. The van der Waals surface area contributed by atoms with Gasteiger partial charge in [0.25, 0.3) is 0 Å². The fraction of sp³-hybridized carbons (Fsp3) is 0.667. The number of furan rings is 1. The van der Waals surface area contributed by atoms with Crippen molar-refractivity contribution in [2.24, 2.45) is 5.41 Å². The topological polar surface area (TPSA) is 25.2 Å². The first-order chi connectivity index (χ1) is 6.56. The van der Waals surface area contributed by atoms with Crippen molar-refractivity contribution in [3.63, 3.8) is 0 Å². The summed E-state index contributed by atoms with van der Waals surface area (Å²) in [5.74, 6) is 1.09. The van der Waals surface area contributed by atoms with Crippen LogP contribution >= 0.6 is 0 Å². The molecule has 1 aromatic heterocycles. The van der Waals surface area contributed by atoms with Gasteiger partial charge in [-0.1, -0.05) is 20.8 Å². The minimum atomic E-state index is 0.0382. The zero-order valence-electron chi connectivity index (χ0n) is 9.26. The van der Waals surface area contributed by atoms with Crippen molar-refractivity contribution >= 4 is 0 Å². The van der Waals surface area contributed by atoms with Crippen molar-refractivity contribution in [3.05, 3.63) is 24.2 Å². The van der Waals surface area contributed by atoms with E-state index in [9.17, 15) is 0 Å². The lowest BCUT2D eigenvalue weighted by Gasteiger charge is -2.40. The Hall–Kier alpha value is -0.760. The van der Waals surface area contributed by atoms with Crippen molar-refractivity contribution < 1.29 is 4.42 Å². The standard InChI is InChI=1S/C12H19NO/c1-11(2,3)12(7-5-8-13-12)10-6-4-9-14-10/h4,6,9,13H,5,7-8H2,1-3H3. The van der Waals surface area contributed by atoms with E-state index in [0.29, 0.717) is 0 Å². The van der Waals surface area contributed by atoms with Crippen LogP contribution in [0.5, 0.6) is 0 Å². The summed E-state index contributed by atoms with van der Waals surface area (Å²) in [6, 6.07) is 4.06. The lowest BCUT2D eigenvalue weighted by atomic mass is 9.71. The van der Waals surface area contributed by atoms with Crippen LogP contribution in [0, 0.1) is 5.41 Å². The van der Waals surface area contributed by atoms with Crippen LogP contribution in [0.4, 0.5) is 0 Å². The summed E-state index contributed by atoms with van der Waals surface area (Å²) in [4.78, 5) is 0. The highest BCUT2D eigenvalue weighted by Crippen LogP contribution is 2.45. The smallest absolute Gasteiger partial charge is 0.124 e. The van der Waals surface area contributed by atoms with Gasteiger partial charge in [0.2, 0.25) is 0 Å². The molecule has 1 fully saturated rings. The van der Waals surface area contributed by atoms with Gasteiger partial charge in [-0.3, -0.25) is 0 Å². The minimum Gasteiger partial charge on any atom is -0.467 e. The summed E-state index contributed by atoms with van der Waals surface area (Å²) in [6.45, 7) is 7.91. The highest BCUT2D eigenvalue weighted by molar-refractivity contribution is 5.18. The van der Waals surface area contributed by atoms with E-state index in [1.165, 1.54) is 12.8 Å². The Labute approximate surface area is 85.7 Å². The molecule has 1 N–H and O–H groups in total. The highest BCUT2D eigenvalue weighted by Gasteiger charge is 2.47. The van der Waals surface area contributed by atoms with Crippen LogP contribution in [0.15, 0.2) is 22.8 Å². The quantitative estimate of drug-likeness (QED) is 0.742. The second kappa shape index (κ2) is 3.13. The van der Waals surface area contributed by atoms with E-state index < -0.39 is 0 Å². The Balaban J connectivity index is 2.42. The van der Waals surface area contributed by atoms with Gasteiger partial charge in [-0.2, -0.15) is 0 Å². The van der Waals surface area contributed by atoms with E-state index in [-0.39, 0.29) is 11.0 Å². The molecule has 14 heavy (non-hydrogen) atoms. The maximum atomic E-state index is 5.58. The predicted molar refractivity (Wildman–Crippen MR) is 57.1 cm³/mol. The van der Waals surface area contributed by atoms with E-state index in [1.54, 1.807) is 6.26 Å². The van der Waals surface area contributed by atoms with Crippen molar-refractivity contribution in [2.45, 2.75) is 39.2 Å². The molecule has 2 nitrogen and oxygen atoms in total. The summed E-state index contributed by atoms with van der Waals surface area (Å²) < 4.78 is 5.58. The normalized spacial score (nSPS) is 28.2.